The number of hydrogen-bond acceptors (Lipinski definition) is 4. The van der Waals surface area contributed by atoms with Gasteiger partial charge in [-0.1, -0.05) is 29.8 Å². The average Bonchev–Trinajstić information content (AvgIpc) is 2.92. The Kier molecular flexibility index (Phi) is 7.28. The zero-order chi connectivity index (χ0) is 19.2. The Hall–Kier alpha value is -1.80. The largest absolute Gasteiger partial charge is 0.356 e. The Morgan fingerprint density at radius 1 is 1.38 bits per heavy atom. The van der Waals surface area contributed by atoms with Crippen molar-refractivity contribution in [3.05, 3.63) is 34.9 Å². The van der Waals surface area contributed by atoms with Crippen LogP contribution in [0.2, 0.25) is 5.02 Å². The first-order valence-electron chi connectivity index (χ1n) is 8.45. The smallest absolute Gasteiger partial charge is 0.222 e. The maximum absolute atomic E-state index is 12.0. The number of aliphatic imine (C=N–C) groups is 1. The lowest BCUT2D eigenvalue weighted by molar-refractivity contribution is -0.121. The van der Waals surface area contributed by atoms with E-state index < -0.39 is 9.84 Å². The van der Waals surface area contributed by atoms with Crippen molar-refractivity contribution in [3.63, 3.8) is 0 Å². The first-order valence-corrected chi connectivity index (χ1v) is 10.7. The van der Waals surface area contributed by atoms with Crippen LogP contribution in [0.15, 0.2) is 29.3 Å². The lowest BCUT2D eigenvalue weighted by atomic mass is 10.2. The summed E-state index contributed by atoms with van der Waals surface area (Å²) >= 11 is 6.18. The molecule has 0 aromatic heterocycles. The normalized spacial score (nSPS) is 19.2. The van der Waals surface area contributed by atoms with Crippen LogP contribution >= 0.6 is 11.6 Å². The van der Waals surface area contributed by atoms with Crippen molar-refractivity contribution in [2.75, 3.05) is 32.1 Å². The van der Waals surface area contributed by atoms with Crippen LogP contribution in [-0.4, -0.2) is 63.4 Å². The lowest BCUT2D eigenvalue weighted by Gasteiger charge is -2.22. The third-order valence-electron chi connectivity index (χ3n) is 4.17. The second-order valence-electron chi connectivity index (χ2n) is 6.34. The fraction of sp³-hybridized carbons (Fsp3) is 0.529. The van der Waals surface area contributed by atoms with Crippen LogP contribution in [-0.2, 0) is 21.2 Å². The van der Waals surface area contributed by atoms with Crippen LogP contribution < -0.4 is 10.6 Å². The van der Waals surface area contributed by atoms with Crippen LogP contribution in [0, 0.1) is 0 Å². The Bertz CT molecular complexity index is 767. The Labute approximate surface area is 159 Å². The van der Waals surface area contributed by atoms with Crippen molar-refractivity contribution in [2.24, 2.45) is 4.99 Å². The summed E-state index contributed by atoms with van der Waals surface area (Å²) in [4.78, 5) is 18.1. The third-order valence-corrected chi connectivity index (χ3v) is 6.31. The summed E-state index contributed by atoms with van der Waals surface area (Å²) in [6.07, 6.45) is 0.735. The summed E-state index contributed by atoms with van der Waals surface area (Å²) in [6, 6.07) is 7.34. The number of guanidine groups is 1. The molecule has 1 amide bonds. The molecular weight excluding hydrogens is 376 g/mol. The lowest BCUT2D eigenvalue weighted by Crippen LogP contribution is -2.41. The van der Waals surface area contributed by atoms with Gasteiger partial charge >= 0.3 is 0 Å². The molecule has 1 saturated heterocycles. The summed E-state index contributed by atoms with van der Waals surface area (Å²) in [7, 11) is 0.576. The van der Waals surface area contributed by atoms with E-state index in [1.807, 2.05) is 36.2 Å². The molecule has 0 spiro atoms. The first kappa shape index (κ1) is 20.5. The van der Waals surface area contributed by atoms with E-state index in [-0.39, 0.29) is 29.9 Å². The molecule has 26 heavy (non-hydrogen) atoms. The fourth-order valence-corrected chi connectivity index (χ4v) is 4.71. The highest BCUT2D eigenvalue weighted by Crippen LogP contribution is 2.16. The first-order chi connectivity index (χ1) is 12.3. The number of hydrogen-bond donors (Lipinski definition) is 2. The SMILES string of the molecule is CN=C(NCCC(=O)NC1CCS(=O)(=O)C1)N(C)Cc1ccccc1Cl. The molecule has 1 fully saturated rings. The zero-order valence-electron chi connectivity index (χ0n) is 15.0. The maximum Gasteiger partial charge on any atom is 0.222 e. The number of rotatable bonds is 6. The minimum atomic E-state index is -2.99. The molecule has 1 heterocycles. The predicted molar refractivity (Wildman–Crippen MR) is 104 cm³/mol. The molecule has 1 unspecified atom stereocenters. The highest BCUT2D eigenvalue weighted by atomic mass is 35.5. The second kappa shape index (κ2) is 9.23. The van der Waals surface area contributed by atoms with Crippen LogP contribution in [0.1, 0.15) is 18.4 Å². The van der Waals surface area contributed by atoms with Crippen LogP contribution in [0.3, 0.4) is 0 Å². The number of carbonyl (C=O) groups excluding carboxylic acids is 1. The Morgan fingerprint density at radius 3 is 2.73 bits per heavy atom. The van der Waals surface area contributed by atoms with Gasteiger partial charge in [-0.15, -0.1) is 0 Å². The summed E-state index contributed by atoms with van der Waals surface area (Å²) in [6.45, 7) is 0.996. The summed E-state index contributed by atoms with van der Waals surface area (Å²) < 4.78 is 22.8. The molecule has 1 aliphatic rings. The van der Waals surface area contributed by atoms with Gasteiger partial charge in [0, 0.05) is 44.7 Å². The number of nitrogens with zero attached hydrogens (tertiary/aromatic N) is 2. The molecule has 9 heteroatoms. The van der Waals surface area contributed by atoms with Crippen molar-refractivity contribution in [2.45, 2.75) is 25.4 Å². The highest BCUT2D eigenvalue weighted by Gasteiger charge is 2.28. The van der Waals surface area contributed by atoms with Gasteiger partial charge in [-0.3, -0.25) is 9.79 Å². The van der Waals surface area contributed by atoms with Crippen molar-refractivity contribution in [1.29, 1.82) is 0 Å². The maximum atomic E-state index is 12.0. The average molecular weight is 401 g/mol. The van der Waals surface area contributed by atoms with E-state index in [1.165, 1.54) is 0 Å². The molecule has 1 atom stereocenters. The van der Waals surface area contributed by atoms with Crippen LogP contribution in [0.5, 0.6) is 0 Å². The number of nitrogens with one attached hydrogen (secondary N) is 2. The minimum absolute atomic E-state index is 0.0361. The van der Waals surface area contributed by atoms with E-state index in [0.717, 1.165) is 5.56 Å². The summed E-state index contributed by atoms with van der Waals surface area (Å²) in [5, 5.41) is 6.60. The molecule has 1 aliphatic heterocycles. The molecule has 0 bridgehead atoms. The highest BCUT2D eigenvalue weighted by molar-refractivity contribution is 7.91. The molecule has 144 valence electrons. The molecule has 7 nitrogen and oxygen atoms in total. The van der Waals surface area contributed by atoms with Gasteiger partial charge in [-0.2, -0.15) is 0 Å². The standard InChI is InChI=1S/C17H25ClN4O3S/c1-19-17(22(2)11-13-5-3-4-6-15(13)18)20-9-7-16(23)21-14-8-10-26(24,25)12-14/h3-6,14H,7-12H2,1-2H3,(H,19,20)(H,21,23). The van der Waals surface area contributed by atoms with Gasteiger partial charge in [0.1, 0.15) is 0 Å². The van der Waals surface area contributed by atoms with E-state index in [0.29, 0.717) is 30.5 Å². The van der Waals surface area contributed by atoms with E-state index in [9.17, 15) is 13.2 Å². The van der Waals surface area contributed by atoms with E-state index in [4.69, 9.17) is 11.6 Å². The zero-order valence-corrected chi connectivity index (χ0v) is 16.6. The molecule has 0 aliphatic carbocycles. The molecular formula is C17H25ClN4O3S. The molecule has 2 rings (SSSR count). The number of benzene rings is 1. The minimum Gasteiger partial charge on any atom is -0.356 e. The van der Waals surface area contributed by atoms with Gasteiger partial charge < -0.3 is 15.5 Å². The molecule has 0 saturated carbocycles. The van der Waals surface area contributed by atoms with Gasteiger partial charge in [0.25, 0.3) is 0 Å². The van der Waals surface area contributed by atoms with E-state index >= 15 is 0 Å². The summed E-state index contributed by atoms with van der Waals surface area (Å²) in [5.74, 6) is 0.675. The van der Waals surface area contributed by atoms with Crippen molar-refractivity contribution >= 4 is 33.3 Å². The van der Waals surface area contributed by atoms with Crippen molar-refractivity contribution < 1.29 is 13.2 Å². The van der Waals surface area contributed by atoms with E-state index in [1.54, 1.807) is 7.05 Å². The topological polar surface area (TPSA) is 90.9 Å². The number of carbonyl (C=O) groups is 1. The fourth-order valence-electron chi connectivity index (χ4n) is 2.84. The molecule has 1 aromatic carbocycles. The Balaban J connectivity index is 1.76. The van der Waals surface area contributed by atoms with Gasteiger partial charge in [-0.05, 0) is 18.1 Å². The van der Waals surface area contributed by atoms with Gasteiger partial charge in [0.2, 0.25) is 5.91 Å². The van der Waals surface area contributed by atoms with Crippen molar-refractivity contribution in [3.8, 4) is 0 Å². The second-order valence-corrected chi connectivity index (χ2v) is 8.97. The van der Waals surface area contributed by atoms with E-state index in [2.05, 4.69) is 15.6 Å². The summed E-state index contributed by atoms with van der Waals surface area (Å²) in [5.41, 5.74) is 0.986. The number of amides is 1. The molecule has 1 aromatic rings. The third kappa shape index (κ3) is 6.17. The van der Waals surface area contributed by atoms with Crippen LogP contribution in [0.4, 0.5) is 0 Å². The van der Waals surface area contributed by atoms with Crippen LogP contribution in [0.25, 0.3) is 0 Å². The predicted octanol–water partition coefficient (Wildman–Crippen LogP) is 1.04. The number of sulfone groups is 1. The quantitative estimate of drug-likeness (QED) is 0.550. The van der Waals surface area contributed by atoms with Gasteiger partial charge in [-0.25, -0.2) is 8.42 Å². The monoisotopic (exact) mass is 400 g/mol. The molecule has 0 radical (unpaired) electrons. The van der Waals surface area contributed by atoms with Crippen molar-refractivity contribution in [1.82, 2.24) is 15.5 Å². The molecule has 2 N–H and O–H groups in total. The Morgan fingerprint density at radius 2 is 2.12 bits per heavy atom. The van der Waals surface area contributed by atoms with Gasteiger partial charge in [0.05, 0.1) is 11.5 Å². The van der Waals surface area contributed by atoms with Gasteiger partial charge in [0.15, 0.2) is 15.8 Å². The number of halogens is 1.